The van der Waals surface area contributed by atoms with E-state index in [1.165, 1.54) is 12.1 Å². The maximum atomic E-state index is 12.7. The van der Waals surface area contributed by atoms with Crippen molar-refractivity contribution in [3.05, 3.63) is 59.0 Å². The summed E-state index contributed by atoms with van der Waals surface area (Å²) in [4.78, 5) is 22.8. The molecule has 0 saturated heterocycles. The summed E-state index contributed by atoms with van der Waals surface area (Å²) < 4.78 is 39.7. The molecule has 32 heavy (non-hydrogen) atoms. The van der Waals surface area contributed by atoms with Crippen LogP contribution in [-0.2, 0) is 24.1 Å². The largest absolute Gasteiger partial charge is 0.416 e. The number of nitrogens with zero attached hydrogens (tertiary/aromatic N) is 5. The van der Waals surface area contributed by atoms with E-state index in [9.17, 15) is 18.0 Å². The van der Waals surface area contributed by atoms with Gasteiger partial charge in [0.1, 0.15) is 11.7 Å². The smallest absolute Gasteiger partial charge is 0.350 e. The molecular weight excluding hydrogens is 423 g/mol. The molecule has 8 nitrogen and oxygen atoms in total. The van der Waals surface area contributed by atoms with E-state index in [-0.39, 0.29) is 11.9 Å². The standard InChI is InChI=1S/C21H22F3N7O/c1-12-17-18(30(3)13(2)19(32)28-17)29-20(27-12)25-8-15-9-26-31(11-15)10-14-4-6-16(7-5-14)21(22,23)24/h4-7,9,11,13H,8,10H2,1-3H3,(H,28,32)(H,25,27,29)/t13-/m0/s1. The lowest BCUT2D eigenvalue weighted by molar-refractivity contribution is -0.137. The zero-order valence-electron chi connectivity index (χ0n) is 17.7. The van der Waals surface area contributed by atoms with Crippen LogP contribution in [0.2, 0.25) is 0 Å². The first kappa shape index (κ1) is 21.6. The van der Waals surface area contributed by atoms with Gasteiger partial charge in [-0.3, -0.25) is 9.48 Å². The topological polar surface area (TPSA) is 88.0 Å². The fourth-order valence-corrected chi connectivity index (χ4v) is 3.38. The number of halogens is 3. The monoisotopic (exact) mass is 445 g/mol. The van der Waals surface area contributed by atoms with E-state index in [1.807, 2.05) is 13.2 Å². The van der Waals surface area contributed by atoms with Crippen molar-refractivity contribution in [1.29, 1.82) is 0 Å². The Morgan fingerprint density at radius 3 is 2.56 bits per heavy atom. The van der Waals surface area contributed by atoms with Gasteiger partial charge in [-0.1, -0.05) is 12.1 Å². The third kappa shape index (κ3) is 4.36. The van der Waals surface area contributed by atoms with E-state index in [1.54, 1.807) is 29.6 Å². The first-order chi connectivity index (χ1) is 15.1. The van der Waals surface area contributed by atoms with Crippen molar-refractivity contribution in [1.82, 2.24) is 19.7 Å². The molecule has 3 heterocycles. The Morgan fingerprint density at radius 2 is 1.88 bits per heavy atom. The number of likely N-dealkylation sites (N-methyl/N-ethyl adjacent to an activating group) is 1. The number of hydrogen-bond acceptors (Lipinski definition) is 6. The molecule has 0 radical (unpaired) electrons. The highest BCUT2D eigenvalue weighted by atomic mass is 19.4. The first-order valence-corrected chi connectivity index (χ1v) is 9.95. The fraction of sp³-hybridized carbons (Fsp3) is 0.333. The summed E-state index contributed by atoms with van der Waals surface area (Å²) >= 11 is 0. The van der Waals surface area contributed by atoms with Crippen LogP contribution in [0, 0.1) is 6.92 Å². The molecule has 2 aromatic heterocycles. The second kappa shape index (κ2) is 8.13. The molecule has 2 N–H and O–H groups in total. The summed E-state index contributed by atoms with van der Waals surface area (Å²) in [7, 11) is 1.81. The van der Waals surface area contributed by atoms with Crippen molar-refractivity contribution in [3.63, 3.8) is 0 Å². The maximum absolute atomic E-state index is 12.7. The highest BCUT2D eigenvalue weighted by molar-refractivity contribution is 6.03. The Kier molecular flexibility index (Phi) is 5.49. The van der Waals surface area contributed by atoms with E-state index in [0.717, 1.165) is 17.7 Å². The van der Waals surface area contributed by atoms with Gasteiger partial charge in [0.05, 0.1) is 24.0 Å². The van der Waals surface area contributed by atoms with Gasteiger partial charge >= 0.3 is 6.18 Å². The summed E-state index contributed by atoms with van der Waals surface area (Å²) in [5.41, 5.74) is 2.17. The van der Waals surface area contributed by atoms with Crippen molar-refractivity contribution >= 4 is 23.4 Å². The molecule has 0 spiro atoms. The van der Waals surface area contributed by atoms with E-state index in [4.69, 9.17) is 0 Å². The van der Waals surface area contributed by atoms with Gasteiger partial charge in [-0.2, -0.15) is 23.3 Å². The number of rotatable bonds is 5. The highest BCUT2D eigenvalue weighted by Gasteiger charge is 2.31. The third-order valence-electron chi connectivity index (χ3n) is 5.38. The molecule has 1 aliphatic rings. The molecule has 0 aliphatic carbocycles. The summed E-state index contributed by atoms with van der Waals surface area (Å²) in [5.74, 6) is 0.963. The summed E-state index contributed by atoms with van der Waals surface area (Å²) in [6.07, 6.45) is -0.861. The third-order valence-corrected chi connectivity index (χ3v) is 5.38. The zero-order valence-corrected chi connectivity index (χ0v) is 17.7. The summed E-state index contributed by atoms with van der Waals surface area (Å²) in [5, 5.41) is 10.3. The number of hydrogen-bond donors (Lipinski definition) is 2. The second-order valence-electron chi connectivity index (χ2n) is 7.70. The lowest BCUT2D eigenvalue weighted by Gasteiger charge is -2.32. The average molecular weight is 445 g/mol. The predicted molar refractivity (Wildman–Crippen MR) is 113 cm³/mol. The number of aryl methyl sites for hydroxylation is 1. The van der Waals surface area contributed by atoms with Gasteiger partial charge in [0, 0.05) is 25.4 Å². The van der Waals surface area contributed by atoms with Gasteiger partial charge < -0.3 is 15.5 Å². The molecule has 11 heteroatoms. The Bertz CT molecular complexity index is 1140. The SMILES string of the molecule is Cc1nc(NCc2cnn(Cc3ccc(C(F)(F)F)cc3)c2)nc2c1NC(=O)[C@H](C)N2C. The van der Waals surface area contributed by atoms with Gasteiger partial charge in [0.2, 0.25) is 11.9 Å². The van der Waals surface area contributed by atoms with Crippen LogP contribution in [0.3, 0.4) is 0 Å². The van der Waals surface area contributed by atoms with Gasteiger partial charge in [-0.25, -0.2) is 4.98 Å². The Balaban J connectivity index is 1.42. The van der Waals surface area contributed by atoms with E-state index < -0.39 is 11.7 Å². The van der Waals surface area contributed by atoms with Crippen LogP contribution in [0.4, 0.5) is 30.6 Å². The van der Waals surface area contributed by atoms with Gasteiger partial charge in [-0.05, 0) is 31.5 Å². The summed E-state index contributed by atoms with van der Waals surface area (Å²) in [6.45, 7) is 4.37. The number of carbonyl (C=O) groups excluding carboxylic acids is 1. The normalized spacial score (nSPS) is 16.0. The van der Waals surface area contributed by atoms with Crippen LogP contribution in [0.25, 0.3) is 0 Å². The van der Waals surface area contributed by atoms with Gasteiger partial charge in [-0.15, -0.1) is 0 Å². The Morgan fingerprint density at radius 1 is 1.16 bits per heavy atom. The number of benzene rings is 1. The minimum absolute atomic E-state index is 0.104. The molecule has 0 fully saturated rings. The Labute approximate surface area is 182 Å². The van der Waals surface area contributed by atoms with Crippen LogP contribution in [0.15, 0.2) is 36.7 Å². The van der Waals surface area contributed by atoms with Gasteiger partial charge in [0.15, 0.2) is 5.82 Å². The van der Waals surface area contributed by atoms with Crippen molar-refractivity contribution in [2.24, 2.45) is 0 Å². The van der Waals surface area contributed by atoms with Crippen molar-refractivity contribution < 1.29 is 18.0 Å². The number of nitrogens with one attached hydrogen (secondary N) is 2. The van der Waals surface area contributed by atoms with Crippen molar-refractivity contribution in [2.75, 3.05) is 22.6 Å². The second-order valence-corrected chi connectivity index (χ2v) is 7.70. The molecule has 4 rings (SSSR count). The van der Waals surface area contributed by atoms with Crippen LogP contribution in [-0.4, -0.2) is 38.7 Å². The zero-order chi connectivity index (χ0) is 23.0. The first-order valence-electron chi connectivity index (χ1n) is 9.95. The number of alkyl halides is 3. The lowest BCUT2D eigenvalue weighted by atomic mass is 10.1. The molecule has 1 aliphatic heterocycles. The predicted octanol–water partition coefficient (Wildman–Crippen LogP) is 3.44. The molecule has 1 amide bonds. The molecule has 0 unspecified atom stereocenters. The number of amides is 1. The minimum atomic E-state index is -4.35. The number of fused-ring (bicyclic) bond motifs is 1. The molecular formula is C21H22F3N7O. The molecule has 3 aromatic rings. The molecule has 1 atom stereocenters. The molecule has 0 saturated carbocycles. The van der Waals surface area contributed by atoms with Crippen LogP contribution in [0.5, 0.6) is 0 Å². The summed E-state index contributed by atoms with van der Waals surface area (Å²) in [6, 6.07) is 4.69. The molecule has 1 aromatic carbocycles. The van der Waals surface area contributed by atoms with Crippen LogP contribution >= 0.6 is 0 Å². The lowest BCUT2D eigenvalue weighted by Crippen LogP contribution is -2.44. The minimum Gasteiger partial charge on any atom is -0.350 e. The van der Waals surface area contributed by atoms with E-state index in [2.05, 4.69) is 25.7 Å². The average Bonchev–Trinajstić information content (AvgIpc) is 3.18. The molecule has 0 bridgehead atoms. The fourth-order valence-electron chi connectivity index (χ4n) is 3.38. The maximum Gasteiger partial charge on any atom is 0.416 e. The van der Waals surface area contributed by atoms with Gasteiger partial charge in [0.25, 0.3) is 0 Å². The van der Waals surface area contributed by atoms with Crippen molar-refractivity contribution in [2.45, 2.75) is 39.2 Å². The van der Waals surface area contributed by atoms with Crippen LogP contribution < -0.4 is 15.5 Å². The number of anilines is 3. The van der Waals surface area contributed by atoms with Crippen molar-refractivity contribution in [3.8, 4) is 0 Å². The molecule has 168 valence electrons. The number of aromatic nitrogens is 4. The van der Waals surface area contributed by atoms with E-state index in [0.29, 0.717) is 41.8 Å². The highest BCUT2D eigenvalue weighted by Crippen LogP contribution is 2.32. The van der Waals surface area contributed by atoms with Crippen LogP contribution in [0.1, 0.15) is 29.3 Å². The Hall–Kier alpha value is -3.63. The van der Waals surface area contributed by atoms with E-state index >= 15 is 0 Å². The quantitative estimate of drug-likeness (QED) is 0.626. The number of carbonyl (C=O) groups is 1.